The average Bonchev–Trinajstić information content (AvgIpc) is 2.38. The highest BCUT2D eigenvalue weighted by atomic mass is 32.2. The molecule has 18 heavy (non-hydrogen) atoms. The Hall–Kier alpha value is -0.870. The molecule has 1 aromatic carbocycles. The standard InChI is InChI=1S/C14H23NO2S/c1-4-12(10-18-3)15-9-11-6-7-13(16)14(8-11)17-5-2/h6-8,12,15-16H,4-5,9-10H2,1-3H3. The predicted octanol–water partition coefficient (Wildman–Crippen LogP) is 3.02. The highest BCUT2D eigenvalue weighted by Gasteiger charge is 2.07. The number of ether oxygens (including phenoxy) is 1. The molecule has 2 N–H and O–H groups in total. The van der Waals surface area contributed by atoms with Crippen LogP contribution in [0.1, 0.15) is 25.8 Å². The molecular weight excluding hydrogens is 246 g/mol. The minimum absolute atomic E-state index is 0.205. The normalized spacial score (nSPS) is 12.4. The third-order valence-electron chi connectivity index (χ3n) is 2.78. The molecule has 0 aromatic heterocycles. The van der Waals surface area contributed by atoms with Gasteiger partial charge in [-0.3, -0.25) is 0 Å². The van der Waals surface area contributed by atoms with Crippen molar-refractivity contribution >= 4 is 11.8 Å². The number of rotatable bonds is 8. The third-order valence-corrected chi connectivity index (χ3v) is 3.52. The van der Waals surface area contributed by atoms with Gasteiger partial charge in [-0.2, -0.15) is 11.8 Å². The molecule has 0 saturated carbocycles. The lowest BCUT2D eigenvalue weighted by Gasteiger charge is -2.16. The topological polar surface area (TPSA) is 41.5 Å². The van der Waals surface area contributed by atoms with E-state index >= 15 is 0 Å². The van der Waals surface area contributed by atoms with Crippen LogP contribution < -0.4 is 10.1 Å². The average molecular weight is 269 g/mol. The fourth-order valence-corrected chi connectivity index (χ4v) is 2.48. The minimum Gasteiger partial charge on any atom is -0.504 e. The Labute approximate surface area is 114 Å². The first kappa shape index (κ1) is 15.2. The molecule has 0 fully saturated rings. The molecule has 0 amide bonds. The summed E-state index contributed by atoms with van der Waals surface area (Å²) < 4.78 is 5.38. The fraction of sp³-hybridized carbons (Fsp3) is 0.571. The molecular formula is C14H23NO2S. The van der Waals surface area contributed by atoms with E-state index < -0.39 is 0 Å². The number of aromatic hydroxyl groups is 1. The molecule has 0 aliphatic carbocycles. The SMILES string of the molecule is CCOc1cc(CNC(CC)CSC)ccc1O. The van der Waals surface area contributed by atoms with Crippen molar-refractivity contribution in [2.45, 2.75) is 32.9 Å². The van der Waals surface area contributed by atoms with Gasteiger partial charge in [0.15, 0.2) is 11.5 Å². The summed E-state index contributed by atoms with van der Waals surface area (Å²) in [5, 5.41) is 13.1. The summed E-state index contributed by atoms with van der Waals surface area (Å²) in [6.45, 7) is 5.47. The molecule has 0 bridgehead atoms. The van der Waals surface area contributed by atoms with Gasteiger partial charge < -0.3 is 15.2 Å². The number of benzene rings is 1. The van der Waals surface area contributed by atoms with Gasteiger partial charge in [-0.25, -0.2) is 0 Å². The van der Waals surface area contributed by atoms with Crippen LogP contribution in [0.3, 0.4) is 0 Å². The van der Waals surface area contributed by atoms with Crippen LogP contribution in [0, 0.1) is 0 Å². The van der Waals surface area contributed by atoms with Crippen molar-refractivity contribution in [2.75, 3.05) is 18.6 Å². The lowest BCUT2D eigenvalue weighted by atomic mass is 10.2. The summed E-state index contributed by atoms with van der Waals surface area (Å²) in [6, 6.07) is 6.05. The maximum Gasteiger partial charge on any atom is 0.161 e. The van der Waals surface area contributed by atoms with Crippen LogP contribution in [-0.2, 0) is 6.54 Å². The Morgan fingerprint density at radius 1 is 1.39 bits per heavy atom. The Kier molecular flexibility index (Phi) is 6.98. The van der Waals surface area contributed by atoms with Gasteiger partial charge >= 0.3 is 0 Å². The second-order valence-electron chi connectivity index (χ2n) is 4.18. The van der Waals surface area contributed by atoms with Crippen LogP contribution in [0.4, 0.5) is 0 Å². The third kappa shape index (κ3) is 4.78. The molecule has 1 atom stereocenters. The maximum absolute atomic E-state index is 9.63. The summed E-state index contributed by atoms with van der Waals surface area (Å²) in [7, 11) is 0. The Morgan fingerprint density at radius 3 is 2.78 bits per heavy atom. The van der Waals surface area contributed by atoms with Crippen molar-refractivity contribution in [3.8, 4) is 11.5 Å². The Morgan fingerprint density at radius 2 is 2.17 bits per heavy atom. The van der Waals surface area contributed by atoms with Crippen molar-refractivity contribution in [3.05, 3.63) is 23.8 Å². The summed E-state index contributed by atoms with van der Waals surface area (Å²) in [5.41, 5.74) is 1.14. The van der Waals surface area contributed by atoms with Crippen LogP contribution in [0.5, 0.6) is 11.5 Å². The van der Waals surface area contributed by atoms with E-state index in [1.165, 1.54) is 0 Å². The quantitative estimate of drug-likeness (QED) is 0.761. The second-order valence-corrected chi connectivity index (χ2v) is 5.09. The molecule has 0 heterocycles. The molecule has 0 saturated heterocycles. The molecule has 102 valence electrons. The van der Waals surface area contributed by atoms with Crippen LogP contribution in [0.2, 0.25) is 0 Å². The first-order valence-corrected chi connectivity index (χ1v) is 7.77. The van der Waals surface area contributed by atoms with E-state index in [1.807, 2.05) is 30.8 Å². The Bertz CT molecular complexity index is 358. The lowest BCUT2D eigenvalue weighted by Crippen LogP contribution is -2.30. The number of hydrogen-bond donors (Lipinski definition) is 2. The van der Waals surface area contributed by atoms with Gasteiger partial charge in [0.2, 0.25) is 0 Å². The van der Waals surface area contributed by atoms with Crippen molar-refractivity contribution in [2.24, 2.45) is 0 Å². The predicted molar refractivity (Wildman–Crippen MR) is 78.6 cm³/mol. The van der Waals surface area contributed by atoms with Crippen molar-refractivity contribution in [3.63, 3.8) is 0 Å². The van der Waals surface area contributed by atoms with Gasteiger partial charge in [0.1, 0.15) is 0 Å². The lowest BCUT2D eigenvalue weighted by molar-refractivity contribution is 0.317. The van der Waals surface area contributed by atoms with Crippen molar-refractivity contribution in [1.82, 2.24) is 5.32 Å². The second kappa shape index (κ2) is 8.27. The molecule has 4 heteroatoms. The molecule has 0 spiro atoms. The Balaban J connectivity index is 2.58. The van der Waals surface area contributed by atoms with Crippen molar-refractivity contribution < 1.29 is 9.84 Å². The first-order chi connectivity index (χ1) is 8.71. The molecule has 0 aliphatic heterocycles. The fourth-order valence-electron chi connectivity index (χ4n) is 1.72. The van der Waals surface area contributed by atoms with E-state index in [4.69, 9.17) is 4.74 Å². The van der Waals surface area contributed by atoms with Gasteiger partial charge in [0.25, 0.3) is 0 Å². The molecule has 1 rings (SSSR count). The molecule has 0 radical (unpaired) electrons. The van der Waals surface area contributed by atoms with E-state index in [0.717, 1.165) is 24.3 Å². The summed E-state index contributed by atoms with van der Waals surface area (Å²) in [4.78, 5) is 0. The van der Waals surface area contributed by atoms with E-state index in [0.29, 0.717) is 18.4 Å². The number of thioether (sulfide) groups is 1. The van der Waals surface area contributed by atoms with Crippen LogP contribution in [0.15, 0.2) is 18.2 Å². The van der Waals surface area contributed by atoms with Crippen LogP contribution in [0.25, 0.3) is 0 Å². The summed E-state index contributed by atoms with van der Waals surface area (Å²) in [5.74, 6) is 1.89. The number of hydrogen-bond acceptors (Lipinski definition) is 4. The van der Waals surface area contributed by atoms with Crippen LogP contribution in [-0.4, -0.2) is 29.8 Å². The number of nitrogens with one attached hydrogen (secondary N) is 1. The zero-order valence-electron chi connectivity index (χ0n) is 11.4. The molecule has 0 aliphatic rings. The zero-order valence-corrected chi connectivity index (χ0v) is 12.2. The molecule has 3 nitrogen and oxygen atoms in total. The molecule has 1 unspecified atom stereocenters. The number of phenols is 1. The summed E-state index contributed by atoms with van der Waals surface area (Å²) >= 11 is 1.86. The van der Waals surface area contributed by atoms with Crippen molar-refractivity contribution in [1.29, 1.82) is 0 Å². The molecule has 1 aromatic rings. The van der Waals surface area contributed by atoms with Crippen LogP contribution >= 0.6 is 11.8 Å². The maximum atomic E-state index is 9.63. The largest absolute Gasteiger partial charge is 0.504 e. The monoisotopic (exact) mass is 269 g/mol. The van der Waals surface area contributed by atoms with Gasteiger partial charge in [-0.05, 0) is 37.3 Å². The first-order valence-electron chi connectivity index (χ1n) is 6.38. The van der Waals surface area contributed by atoms with Gasteiger partial charge in [-0.1, -0.05) is 13.0 Å². The van der Waals surface area contributed by atoms with E-state index in [-0.39, 0.29) is 5.75 Å². The number of phenolic OH excluding ortho intramolecular Hbond substituents is 1. The smallest absolute Gasteiger partial charge is 0.161 e. The van der Waals surface area contributed by atoms with E-state index in [9.17, 15) is 5.11 Å². The van der Waals surface area contributed by atoms with Gasteiger partial charge in [-0.15, -0.1) is 0 Å². The van der Waals surface area contributed by atoms with Gasteiger partial charge in [0.05, 0.1) is 6.61 Å². The van der Waals surface area contributed by atoms with E-state index in [1.54, 1.807) is 6.07 Å². The zero-order chi connectivity index (χ0) is 13.4. The highest BCUT2D eigenvalue weighted by molar-refractivity contribution is 7.98. The minimum atomic E-state index is 0.205. The highest BCUT2D eigenvalue weighted by Crippen LogP contribution is 2.26. The summed E-state index contributed by atoms with van der Waals surface area (Å²) in [6.07, 6.45) is 3.25. The van der Waals surface area contributed by atoms with Gasteiger partial charge in [0, 0.05) is 18.3 Å². The van der Waals surface area contributed by atoms with E-state index in [2.05, 4.69) is 18.5 Å².